The Morgan fingerprint density at radius 2 is 1.91 bits per heavy atom. The van der Waals surface area contributed by atoms with E-state index in [9.17, 15) is 5.11 Å². The van der Waals surface area contributed by atoms with Crippen LogP contribution in [0.5, 0.6) is 0 Å². The van der Waals surface area contributed by atoms with E-state index in [2.05, 4.69) is 0 Å². The van der Waals surface area contributed by atoms with Gasteiger partial charge in [-0.3, -0.25) is 0 Å². The molecule has 1 saturated heterocycles. The molecule has 1 aliphatic carbocycles. The van der Waals surface area contributed by atoms with E-state index in [0.29, 0.717) is 12.0 Å². The lowest BCUT2D eigenvalue weighted by Gasteiger charge is -2.38. The van der Waals surface area contributed by atoms with Crippen molar-refractivity contribution in [1.29, 1.82) is 0 Å². The first-order valence-corrected chi connectivity index (χ1v) is 4.67. The van der Waals surface area contributed by atoms with Gasteiger partial charge in [-0.2, -0.15) is 0 Å². The highest BCUT2D eigenvalue weighted by molar-refractivity contribution is 4.84. The Bertz CT molecular complexity index is 134. The van der Waals surface area contributed by atoms with E-state index < -0.39 is 0 Å². The first-order chi connectivity index (χ1) is 5.38. The van der Waals surface area contributed by atoms with Crippen LogP contribution >= 0.6 is 0 Å². The van der Waals surface area contributed by atoms with E-state index in [1.165, 1.54) is 25.7 Å². The van der Waals surface area contributed by atoms with Gasteiger partial charge in [-0.05, 0) is 19.3 Å². The molecule has 0 aromatic carbocycles. The molecular weight excluding hydrogens is 140 g/mol. The van der Waals surface area contributed by atoms with Crippen LogP contribution in [-0.2, 0) is 4.74 Å². The minimum absolute atomic E-state index is 0.0750. The van der Waals surface area contributed by atoms with Crippen LogP contribution in [0.2, 0.25) is 0 Å². The van der Waals surface area contributed by atoms with Gasteiger partial charge in [0, 0.05) is 12.5 Å². The maximum atomic E-state index is 9.62. The molecule has 0 bridgehead atoms. The number of aliphatic hydroxyl groups is 1. The van der Waals surface area contributed by atoms with E-state index in [4.69, 9.17) is 4.74 Å². The fourth-order valence-electron chi connectivity index (χ4n) is 2.33. The Hall–Kier alpha value is -0.0800. The Morgan fingerprint density at radius 3 is 2.73 bits per heavy atom. The number of ether oxygens (including phenoxy) is 1. The zero-order valence-corrected chi connectivity index (χ0v) is 6.83. The SMILES string of the molecule is OC1CCOC2CCCCC12. The Kier molecular flexibility index (Phi) is 2.14. The fourth-order valence-corrected chi connectivity index (χ4v) is 2.33. The summed E-state index contributed by atoms with van der Waals surface area (Å²) in [6.07, 6.45) is 6.06. The van der Waals surface area contributed by atoms with Crippen LogP contribution in [0.15, 0.2) is 0 Å². The van der Waals surface area contributed by atoms with Crippen molar-refractivity contribution < 1.29 is 9.84 Å². The Morgan fingerprint density at radius 1 is 1.09 bits per heavy atom. The van der Waals surface area contributed by atoms with E-state index in [1.807, 2.05) is 0 Å². The summed E-state index contributed by atoms with van der Waals surface area (Å²) in [7, 11) is 0. The Labute approximate surface area is 67.6 Å². The number of rotatable bonds is 0. The zero-order valence-electron chi connectivity index (χ0n) is 6.83. The number of aliphatic hydroxyl groups excluding tert-OH is 1. The van der Waals surface area contributed by atoms with Crippen molar-refractivity contribution >= 4 is 0 Å². The molecule has 3 unspecified atom stereocenters. The molecule has 0 spiro atoms. The number of fused-ring (bicyclic) bond motifs is 1. The molecule has 1 saturated carbocycles. The van der Waals surface area contributed by atoms with Gasteiger partial charge in [0.2, 0.25) is 0 Å². The molecule has 2 fully saturated rings. The predicted molar refractivity (Wildman–Crippen MR) is 42.3 cm³/mol. The molecule has 0 aromatic heterocycles. The van der Waals surface area contributed by atoms with Gasteiger partial charge < -0.3 is 9.84 Å². The highest BCUT2D eigenvalue weighted by atomic mass is 16.5. The van der Waals surface area contributed by atoms with Gasteiger partial charge in [0.15, 0.2) is 0 Å². The van der Waals surface area contributed by atoms with Gasteiger partial charge in [0.25, 0.3) is 0 Å². The smallest absolute Gasteiger partial charge is 0.0628 e. The third-order valence-corrected chi connectivity index (χ3v) is 2.99. The third kappa shape index (κ3) is 1.42. The first-order valence-electron chi connectivity index (χ1n) is 4.67. The van der Waals surface area contributed by atoms with Gasteiger partial charge in [0.1, 0.15) is 0 Å². The molecule has 2 nitrogen and oxygen atoms in total. The van der Waals surface area contributed by atoms with Crippen molar-refractivity contribution in [3.63, 3.8) is 0 Å². The first kappa shape index (κ1) is 7.56. The van der Waals surface area contributed by atoms with E-state index in [-0.39, 0.29) is 6.10 Å². The average molecular weight is 156 g/mol. The summed E-state index contributed by atoms with van der Waals surface area (Å²) in [5, 5.41) is 9.62. The van der Waals surface area contributed by atoms with Gasteiger partial charge in [-0.1, -0.05) is 12.8 Å². The summed E-state index contributed by atoms with van der Waals surface area (Å²) in [4.78, 5) is 0. The summed E-state index contributed by atoms with van der Waals surface area (Å²) >= 11 is 0. The molecule has 3 atom stereocenters. The molecule has 1 heterocycles. The van der Waals surface area contributed by atoms with Crippen molar-refractivity contribution in [3.8, 4) is 0 Å². The molecule has 0 amide bonds. The van der Waals surface area contributed by atoms with Crippen molar-refractivity contribution in [2.24, 2.45) is 5.92 Å². The summed E-state index contributed by atoms with van der Waals surface area (Å²) in [6, 6.07) is 0. The minimum Gasteiger partial charge on any atom is -0.393 e. The Balaban J connectivity index is 1.99. The van der Waals surface area contributed by atoms with Crippen LogP contribution in [0.25, 0.3) is 0 Å². The monoisotopic (exact) mass is 156 g/mol. The summed E-state index contributed by atoms with van der Waals surface area (Å²) in [5.74, 6) is 0.456. The van der Waals surface area contributed by atoms with Gasteiger partial charge in [-0.25, -0.2) is 0 Å². The maximum absolute atomic E-state index is 9.62. The van der Waals surface area contributed by atoms with Crippen molar-refractivity contribution in [3.05, 3.63) is 0 Å². The van der Waals surface area contributed by atoms with Gasteiger partial charge in [0.05, 0.1) is 12.2 Å². The van der Waals surface area contributed by atoms with Crippen LogP contribution in [-0.4, -0.2) is 23.9 Å². The second-order valence-electron chi connectivity index (χ2n) is 3.71. The number of hydrogen-bond acceptors (Lipinski definition) is 2. The van der Waals surface area contributed by atoms with Crippen molar-refractivity contribution in [1.82, 2.24) is 0 Å². The molecule has 1 aliphatic heterocycles. The van der Waals surface area contributed by atoms with Crippen molar-refractivity contribution in [2.45, 2.75) is 44.3 Å². The second kappa shape index (κ2) is 3.11. The largest absolute Gasteiger partial charge is 0.393 e. The van der Waals surface area contributed by atoms with Gasteiger partial charge >= 0.3 is 0 Å². The lowest BCUT2D eigenvalue weighted by Crippen LogP contribution is -2.41. The zero-order chi connectivity index (χ0) is 7.68. The molecular formula is C9H16O2. The molecule has 0 aromatic rings. The van der Waals surface area contributed by atoms with Crippen LogP contribution in [0.1, 0.15) is 32.1 Å². The van der Waals surface area contributed by atoms with E-state index in [1.54, 1.807) is 0 Å². The lowest BCUT2D eigenvalue weighted by molar-refractivity contribution is -0.108. The molecule has 11 heavy (non-hydrogen) atoms. The summed E-state index contributed by atoms with van der Waals surface area (Å²) in [6.45, 7) is 0.766. The van der Waals surface area contributed by atoms with Crippen LogP contribution in [0, 0.1) is 5.92 Å². The lowest BCUT2D eigenvalue weighted by atomic mass is 9.80. The topological polar surface area (TPSA) is 29.5 Å². The van der Waals surface area contributed by atoms with Crippen LogP contribution < -0.4 is 0 Å². The maximum Gasteiger partial charge on any atom is 0.0628 e. The van der Waals surface area contributed by atoms with Crippen LogP contribution in [0.4, 0.5) is 0 Å². The van der Waals surface area contributed by atoms with E-state index in [0.717, 1.165) is 13.0 Å². The van der Waals surface area contributed by atoms with Gasteiger partial charge in [-0.15, -0.1) is 0 Å². The van der Waals surface area contributed by atoms with Crippen LogP contribution in [0.3, 0.4) is 0 Å². The highest BCUT2D eigenvalue weighted by Crippen LogP contribution is 2.33. The molecule has 1 N–H and O–H groups in total. The third-order valence-electron chi connectivity index (χ3n) is 2.99. The number of hydrogen-bond donors (Lipinski definition) is 1. The normalized spacial score (nSPS) is 45.0. The summed E-state index contributed by atoms with van der Waals surface area (Å²) < 4.78 is 5.59. The molecule has 2 heteroatoms. The quantitative estimate of drug-likeness (QED) is 0.573. The van der Waals surface area contributed by atoms with E-state index >= 15 is 0 Å². The minimum atomic E-state index is -0.0750. The fraction of sp³-hybridized carbons (Fsp3) is 1.00. The molecule has 2 rings (SSSR count). The molecule has 64 valence electrons. The van der Waals surface area contributed by atoms with Crippen molar-refractivity contribution in [2.75, 3.05) is 6.61 Å². The highest BCUT2D eigenvalue weighted by Gasteiger charge is 2.34. The average Bonchev–Trinajstić information content (AvgIpc) is 2.06. The summed E-state index contributed by atoms with van der Waals surface area (Å²) in [5.41, 5.74) is 0. The molecule has 2 aliphatic rings. The molecule has 0 radical (unpaired) electrons. The predicted octanol–water partition coefficient (Wildman–Crippen LogP) is 1.33. The second-order valence-corrected chi connectivity index (χ2v) is 3.71. The standard InChI is InChI=1S/C9H16O2/c10-8-5-6-11-9-4-2-1-3-7(8)9/h7-10H,1-6H2.